The minimum Gasteiger partial charge on any atom is -0.304 e. The Bertz CT molecular complexity index is 293. The molecule has 1 aliphatic rings. The molecule has 0 bridgehead atoms. The van der Waals surface area contributed by atoms with E-state index in [1.165, 1.54) is 11.3 Å². The molecule has 1 aromatic carbocycles. The molecule has 1 heterocycles. The molecule has 56 valence electrons. The van der Waals surface area contributed by atoms with Gasteiger partial charge in [0, 0.05) is 22.7 Å². The van der Waals surface area contributed by atoms with E-state index in [0.717, 1.165) is 6.54 Å². The lowest BCUT2D eigenvalue weighted by Crippen LogP contribution is -2.12. The van der Waals surface area contributed by atoms with E-state index in [1.54, 1.807) is 0 Å². The van der Waals surface area contributed by atoms with Crippen LogP contribution in [0.4, 0.5) is 5.69 Å². The third-order valence-corrected chi connectivity index (χ3v) is 2.43. The van der Waals surface area contributed by atoms with Crippen LogP contribution in [0.2, 0.25) is 0 Å². The molecule has 11 heavy (non-hydrogen) atoms. The highest BCUT2D eigenvalue weighted by Gasteiger charge is 2.07. The summed E-state index contributed by atoms with van der Waals surface area (Å²) in [7, 11) is 0. The van der Waals surface area contributed by atoms with Gasteiger partial charge >= 0.3 is 0 Å². The van der Waals surface area contributed by atoms with Gasteiger partial charge in [-0.25, -0.2) is 0 Å². The maximum atomic E-state index is 3.47. The van der Waals surface area contributed by atoms with Crippen molar-refractivity contribution in [3.05, 3.63) is 35.9 Å². The Labute approximate surface area is 74.7 Å². The molecular weight excluding hydrogens is 202 g/mol. The predicted octanol–water partition coefficient (Wildman–Crippen LogP) is 2.83. The summed E-state index contributed by atoms with van der Waals surface area (Å²) in [5.74, 6) is 0. The van der Waals surface area contributed by atoms with Gasteiger partial charge in [0.15, 0.2) is 0 Å². The Hall–Kier alpha value is -0.760. The molecule has 0 atom stereocenters. The molecule has 0 N–H and O–H groups in total. The Morgan fingerprint density at radius 2 is 2.09 bits per heavy atom. The number of benzene rings is 1. The SMILES string of the molecule is BrN1CC=Cc2ccccc21. The van der Waals surface area contributed by atoms with Crippen LogP contribution in [-0.4, -0.2) is 6.54 Å². The normalized spacial score (nSPS) is 14.8. The molecule has 0 aromatic heterocycles. The first-order chi connectivity index (χ1) is 5.38. The Kier molecular flexibility index (Phi) is 1.70. The fourth-order valence-corrected chi connectivity index (χ4v) is 1.71. The second kappa shape index (κ2) is 2.70. The Balaban J connectivity index is 2.54. The van der Waals surface area contributed by atoms with Crippen LogP contribution in [0.1, 0.15) is 5.56 Å². The smallest absolute Gasteiger partial charge is 0.0546 e. The number of para-hydroxylation sites is 1. The van der Waals surface area contributed by atoms with Gasteiger partial charge in [0.1, 0.15) is 0 Å². The van der Waals surface area contributed by atoms with Crippen molar-refractivity contribution in [2.75, 3.05) is 10.5 Å². The fraction of sp³-hybridized carbons (Fsp3) is 0.111. The summed E-state index contributed by atoms with van der Waals surface area (Å²) in [5.41, 5.74) is 2.52. The number of hydrogen-bond acceptors (Lipinski definition) is 1. The molecule has 1 aromatic rings. The monoisotopic (exact) mass is 209 g/mol. The zero-order chi connectivity index (χ0) is 7.68. The zero-order valence-corrected chi connectivity index (χ0v) is 7.58. The highest BCUT2D eigenvalue weighted by molar-refractivity contribution is 9.10. The van der Waals surface area contributed by atoms with Crippen LogP contribution in [0.25, 0.3) is 6.08 Å². The molecule has 1 nitrogen and oxygen atoms in total. The van der Waals surface area contributed by atoms with Gasteiger partial charge in [-0.3, -0.25) is 0 Å². The first-order valence-corrected chi connectivity index (χ1v) is 4.28. The van der Waals surface area contributed by atoms with Crippen LogP contribution in [0.3, 0.4) is 0 Å². The number of anilines is 1. The molecular formula is C9H8BrN. The van der Waals surface area contributed by atoms with Gasteiger partial charge < -0.3 is 3.93 Å². The third kappa shape index (κ3) is 1.18. The summed E-state index contributed by atoms with van der Waals surface area (Å²) >= 11 is 3.47. The number of fused-ring (bicyclic) bond motifs is 1. The van der Waals surface area contributed by atoms with Gasteiger partial charge in [-0.2, -0.15) is 0 Å². The van der Waals surface area contributed by atoms with Crippen LogP contribution < -0.4 is 3.93 Å². The van der Waals surface area contributed by atoms with E-state index >= 15 is 0 Å². The minimum absolute atomic E-state index is 0.941. The van der Waals surface area contributed by atoms with Gasteiger partial charge in [-0.1, -0.05) is 30.4 Å². The van der Waals surface area contributed by atoms with Crippen molar-refractivity contribution >= 4 is 27.9 Å². The van der Waals surface area contributed by atoms with Gasteiger partial charge in [0.25, 0.3) is 0 Å². The van der Waals surface area contributed by atoms with Crippen molar-refractivity contribution in [1.29, 1.82) is 0 Å². The second-order valence-corrected chi connectivity index (χ2v) is 3.36. The van der Waals surface area contributed by atoms with E-state index < -0.39 is 0 Å². The molecule has 0 saturated heterocycles. The van der Waals surface area contributed by atoms with Crippen molar-refractivity contribution in [3.8, 4) is 0 Å². The van der Waals surface area contributed by atoms with Crippen LogP contribution in [0.15, 0.2) is 30.3 Å². The quantitative estimate of drug-likeness (QED) is 0.595. The van der Waals surface area contributed by atoms with E-state index in [-0.39, 0.29) is 0 Å². The van der Waals surface area contributed by atoms with Crippen molar-refractivity contribution in [3.63, 3.8) is 0 Å². The van der Waals surface area contributed by atoms with Crippen LogP contribution in [-0.2, 0) is 0 Å². The van der Waals surface area contributed by atoms with E-state index in [4.69, 9.17) is 0 Å². The Morgan fingerprint density at radius 1 is 1.27 bits per heavy atom. The van der Waals surface area contributed by atoms with Crippen LogP contribution in [0.5, 0.6) is 0 Å². The molecule has 0 fully saturated rings. The van der Waals surface area contributed by atoms with Gasteiger partial charge in [0.05, 0.1) is 5.69 Å². The maximum Gasteiger partial charge on any atom is 0.0546 e. The molecule has 0 spiro atoms. The predicted molar refractivity (Wildman–Crippen MR) is 51.7 cm³/mol. The average molecular weight is 210 g/mol. The number of nitrogens with zero attached hydrogens (tertiary/aromatic N) is 1. The summed E-state index contributed by atoms with van der Waals surface area (Å²) in [6.45, 7) is 0.941. The van der Waals surface area contributed by atoms with E-state index in [1.807, 2.05) is 6.07 Å². The molecule has 0 radical (unpaired) electrons. The molecule has 0 amide bonds. The largest absolute Gasteiger partial charge is 0.304 e. The Morgan fingerprint density at radius 3 is 2.91 bits per heavy atom. The number of halogens is 1. The third-order valence-electron chi connectivity index (χ3n) is 1.76. The highest BCUT2D eigenvalue weighted by Crippen LogP contribution is 2.27. The maximum absolute atomic E-state index is 3.47. The lowest BCUT2D eigenvalue weighted by atomic mass is 10.1. The lowest BCUT2D eigenvalue weighted by molar-refractivity contribution is 1.21. The average Bonchev–Trinajstić information content (AvgIpc) is 2.06. The van der Waals surface area contributed by atoms with Gasteiger partial charge in [0.2, 0.25) is 0 Å². The van der Waals surface area contributed by atoms with Crippen molar-refractivity contribution in [2.45, 2.75) is 0 Å². The molecule has 2 rings (SSSR count). The topological polar surface area (TPSA) is 3.24 Å². The first-order valence-electron chi connectivity index (χ1n) is 3.57. The molecule has 2 heteroatoms. The first kappa shape index (κ1) is 6.92. The summed E-state index contributed by atoms with van der Waals surface area (Å²) in [4.78, 5) is 0. The summed E-state index contributed by atoms with van der Waals surface area (Å²) in [5, 5.41) is 0. The lowest BCUT2D eigenvalue weighted by Gasteiger charge is -2.20. The van der Waals surface area contributed by atoms with E-state index in [2.05, 4.69) is 50.4 Å². The highest BCUT2D eigenvalue weighted by atomic mass is 79.9. The van der Waals surface area contributed by atoms with Gasteiger partial charge in [-0.15, -0.1) is 0 Å². The summed E-state index contributed by atoms with van der Waals surface area (Å²) in [6.07, 6.45) is 4.28. The standard InChI is InChI=1S/C9H8BrN/c10-11-7-3-5-8-4-1-2-6-9(8)11/h1-6H,7H2. The van der Waals surface area contributed by atoms with E-state index in [0.29, 0.717) is 0 Å². The summed E-state index contributed by atoms with van der Waals surface area (Å²) < 4.78 is 2.06. The van der Waals surface area contributed by atoms with Crippen molar-refractivity contribution in [2.24, 2.45) is 0 Å². The van der Waals surface area contributed by atoms with Crippen LogP contribution in [0, 0.1) is 0 Å². The molecule has 1 aliphatic heterocycles. The number of rotatable bonds is 0. The van der Waals surface area contributed by atoms with Crippen molar-refractivity contribution in [1.82, 2.24) is 0 Å². The van der Waals surface area contributed by atoms with Crippen LogP contribution >= 0.6 is 16.1 Å². The summed E-state index contributed by atoms with van der Waals surface area (Å²) in [6, 6.07) is 8.31. The number of hydrogen-bond donors (Lipinski definition) is 0. The fourth-order valence-electron chi connectivity index (χ4n) is 1.22. The van der Waals surface area contributed by atoms with E-state index in [9.17, 15) is 0 Å². The van der Waals surface area contributed by atoms with Gasteiger partial charge in [-0.05, 0) is 11.6 Å². The molecule has 0 saturated carbocycles. The second-order valence-electron chi connectivity index (χ2n) is 2.51. The molecule has 0 unspecified atom stereocenters. The zero-order valence-electron chi connectivity index (χ0n) is 6.00. The minimum atomic E-state index is 0.941. The van der Waals surface area contributed by atoms with Crippen molar-refractivity contribution < 1.29 is 0 Å². The molecule has 0 aliphatic carbocycles.